The van der Waals surface area contributed by atoms with Gasteiger partial charge in [-0.1, -0.05) is 0 Å². The lowest BCUT2D eigenvalue weighted by Crippen LogP contribution is -2.64. The Morgan fingerprint density at radius 1 is 1.25 bits per heavy atom. The maximum Gasteiger partial charge on any atom is 0.410 e. The van der Waals surface area contributed by atoms with E-state index >= 15 is 0 Å². The molecule has 0 atom stereocenters. The molecule has 5 nitrogen and oxygen atoms in total. The number of hydrogen-bond acceptors (Lipinski definition) is 3. The Balaban J connectivity index is 1.40. The van der Waals surface area contributed by atoms with Gasteiger partial charge in [0.25, 0.3) is 0 Å². The van der Waals surface area contributed by atoms with E-state index in [4.69, 9.17) is 4.74 Å². The molecule has 1 aliphatic heterocycles. The van der Waals surface area contributed by atoms with Crippen LogP contribution in [-0.4, -0.2) is 39.5 Å². The van der Waals surface area contributed by atoms with Crippen LogP contribution in [0.2, 0.25) is 0 Å². The van der Waals surface area contributed by atoms with Crippen LogP contribution in [-0.2, 0) is 4.74 Å². The zero-order chi connectivity index (χ0) is 20.3. The summed E-state index contributed by atoms with van der Waals surface area (Å²) < 4.78 is 34.9. The number of likely N-dealkylation sites (tertiary alicyclic amines) is 1. The number of carbonyl (C=O) groups excluding carboxylic acids is 1. The zero-order valence-corrected chi connectivity index (χ0v) is 16.6. The smallest absolute Gasteiger partial charge is 0.410 e. The van der Waals surface area contributed by atoms with E-state index < -0.39 is 17.2 Å². The normalized spacial score (nSPS) is 18.7. The summed E-state index contributed by atoms with van der Waals surface area (Å²) in [5.74, 6) is -0.962. The molecule has 0 radical (unpaired) electrons. The minimum absolute atomic E-state index is 0.131. The lowest BCUT2D eigenvalue weighted by Gasteiger charge is -2.58. The molecule has 0 bridgehead atoms. The number of rotatable bonds is 2. The Morgan fingerprint density at radius 2 is 1.93 bits per heavy atom. The number of amides is 1. The van der Waals surface area contributed by atoms with Gasteiger partial charge < -0.3 is 9.64 Å². The fourth-order valence-corrected chi connectivity index (χ4v) is 4.22. The second kappa shape index (κ2) is 6.29. The molecule has 7 heteroatoms. The molecular weight excluding hydrogens is 364 g/mol. The molecule has 28 heavy (non-hydrogen) atoms. The summed E-state index contributed by atoms with van der Waals surface area (Å²) in [4.78, 5) is 13.8. The molecule has 2 aromatic rings. The van der Waals surface area contributed by atoms with Crippen molar-refractivity contribution in [3.05, 3.63) is 41.6 Å². The molecule has 4 rings (SSSR count). The molecule has 1 aliphatic carbocycles. The Hall–Kier alpha value is -2.44. The van der Waals surface area contributed by atoms with E-state index in [2.05, 4.69) is 5.10 Å². The van der Waals surface area contributed by atoms with Crippen LogP contribution in [0, 0.1) is 24.0 Å². The van der Waals surface area contributed by atoms with Crippen molar-refractivity contribution < 1.29 is 18.3 Å². The molecule has 1 amide bonds. The summed E-state index contributed by atoms with van der Waals surface area (Å²) in [6.07, 6.45) is 3.46. The van der Waals surface area contributed by atoms with Crippen molar-refractivity contribution in [2.45, 2.75) is 52.2 Å². The van der Waals surface area contributed by atoms with E-state index in [1.807, 2.05) is 38.6 Å². The number of aromatic nitrogens is 2. The molecule has 2 fully saturated rings. The molecule has 150 valence electrons. The van der Waals surface area contributed by atoms with Crippen molar-refractivity contribution in [2.75, 3.05) is 13.1 Å². The van der Waals surface area contributed by atoms with Gasteiger partial charge in [-0.3, -0.25) is 4.68 Å². The summed E-state index contributed by atoms with van der Waals surface area (Å²) in [5.41, 5.74) is 1.12. The average molecular weight is 389 g/mol. The van der Waals surface area contributed by atoms with Crippen LogP contribution in [0.4, 0.5) is 13.6 Å². The van der Waals surface area contributed by atoms with Crippen LogP contribution in [0.3, 0.4) is 0 Å². The van der Waals surface area contributed by atoms with E-state index in [0.717, 1.165) is 30.5 Å². The maximum absolute atomic E-state index is 14.1. The van der Waals surface area contributed by atoms with E-state index in [0.29, 0.717) is 18.8 Å². The fraction of sp³-hybridized carbons (Fsp3) is 0.524. The highest BCUT2D eigenvalue weighted by molar-refractivity contribution is 5.69. The van der Waals surface area contributed by atoms with Gasteiger partial charge in [0, 0.05) is 30.3 Å². The van der Waals surface area contributed by atoms with Crippen LogP contribution in [0.25, 0.3) is 11.3 Å². The first-order valence-electron chi connectivity index (χ1n) is 9.54. The number of aryl methyl sites for hydroxylation is 1. The first-order valence-corrected chi connectivity index (χ1v) is 9.54. The predicted molar refractivity (Wildman–Crippen MR) is 101 cm³/mol. The van der Waals surface area contributed by atoms with Gasteiger partial charge in [-0.15, -0.1) is 0 Å². The quantitative estimate of drug-likeness (QED) is 0.747. The van der Waals surface area contributed by atoms with E-state index in [1.54, 1.807) is 4.90 Å². The van der Waals surface area contributed by atoms with Crippen molar-refractivity contribution >= 4 is 6.09 Å². The number of carbonyl (C=O) groups is 1. The molecule has 1 saturated heterocycles. The summed E-state index contributed by atoms with van der Waals surface area (Å²) in [6, 6.07) is 3.63. The van der Waals surface area contributed by atoms with Gasteiger partial charge >= 0.3 is 6.09 Å². The largest absolute Gasteiger partial charge is 0.444 e. The van der Waals surface area contributed by atoms with Crippen molar-refractivity contribution in [2.24, 2.45) is 5.41 Å². The first kappa shape index (κ1) is 18.9. The highest BCUT2D eigenvalue weighted by Crippen LogP contribution is 2.54. The van der Waals surface area contributed by atoms with E-state index in [1.165, 1.54) is 6.07 Å². The lowest BCUT2D eigenvalue weighted by molar-refractivity contribution is -0.0927. The summed E-state index contributed by atoms with van der Waals surface area (Å²) in [6.45, 7) is 8.83. The number of hydrogen-bond donors (Lipinski definition) is 0. The standard InChI is InChI=1S/C21H25F2N3O2/c1-13-10-26(24-18(13)16-7-14(22)5-6-17(16)23)15-8-21(9-15)11-25(12-21)19(27)28-20(2,3)4/h5-7,10,15H,8-9,11-12H2,1-4H3. The van der Waals surface area contributed by atoms with Crippen LogP contribution < -0.4 is 0 Å². The second-order valence-electron chi connectivity index (χ2n) is 9.16. The van der Waals surface area contributed by atoms with Crippen LogP contribution >= 0.6 is 0 Å². The second-order valence-corrected chi connectivity index (χ2v) is 9.16. The molecule has 2 aliphatic rings. The molecule has 1 aromatic carbocycles. The average Bonchev–Trinajstić information content (AvgIpc) is 2.86. The lowest BCUT2D eigenvalue weighted by atomic mass is 9.61. The van der Waals surface area contributed by atoms with Gasteiger partial charge in [0.2, 0.25) is 0 Å². The number of benzene rings is 1. The highest BCUT2D eigenvalue weighted by Gasteiger charge is 2.55. The summed E-state index contributed by atoms with van der Waals surface area (Å²) in [5, 5.41) is 4.54. The Kier molecular flexibility index (Phi) is 4.25. The third kappa shape index (κ3) is 3.38. The van der Waals surface area contributed by atoms with Gasteiger partial charge in [-0.2, -0.15) is 5.10 Å². The molecule has 2 heterocycles. The topological polar surface area (TPSA) is 47.4 Å². The van der Waals surface area contributed by atoms with Crippen LogP contribution in [0.1, 0.15) is 45.2 Å². The van der Waals surface area contributed by atoms with Crippen molar-refractivity contribution in [3.8, 4) is 11.3 Å². The van der Waals surface area contributed by atoms with Crippen LogP contribution in [0.15, 0.2) is 24.4 Å². The Bertz CT molecular complexity index is 918. The van der Waals surface area contributed by atoms with Gasteiger partial charge in [-0.25, -0.2) is 13.6 Å². The summed E-state index contributed by atoms with van der Waals surface area (Å²) >= 11 is 0. The maximum atomic E-state index is 14.1. The third-order valence-corrected chi connectivity index (χ3v) is 5.51. The Labute approximate surface area is 163 Å². The molecular formula is C21H25F2N3O2. The van der Waals surface area contributed by atoms with E-state index in [9.17, 15) is 13.6 Å². The van der Waals surface area contributed by atoms with Crippen molar-refractivity contribution in [1.82, 2.24) is 14.7 Å². The molecule has 0 N–H and O–H groups in total. The van der Waals surface area contributed by atoms with Gasteiger partial charge in [0.1, 0.15) is 17.2 Å². The number of ether oxygens (including phenoxy) is 1. The predicted octanol–water partition coefficient (Wildman–Crippen LogP) is 4.71. The number of nitrogens with zero attached hydrogens (tertiary/aromatic N) is 3. The number of halogens is 2. The molecule has 1 aromatic heterocycles. The molecule has 1 saturated carbocycles. The monoisotopic (exact) mass is 389 g/mol. The van der Waals surface area contributed by atoms with Crippen molar-refractivity contribution in [1.29, 1.82) is 0 Å². The third-order valence-electron chi connectivity index (χ3n) is 5.51. The van der Waals surface area contributed by atoms with Gasteiger partial charge in [0.05, 0.1) is 11.7 Å². The summed E-state index contributed by atoms with van der Waals surface area (Å²) in [7, 11) is 0. The zero-order valence-electron chi connectivity index (χ0n) is 16.6. The van der Waals surface area contributed by atoms with Gasteiger partial charge in [-0.05, 0) is 64.3 Å². The molecule has 0 unspecified atom stereocenters. The minimum atomic E-state index is -0.489. The molecule has 1 spiro atoms. The van der Waals surface area contributed by atoms with Crippen LogP contribution in [0.5, 0.6) is 0 Å². The van der Waals surface area contributed by atoms with Crippen molar-refractivity contribution in [3.63, 3.8) is 0 Å². The SMILES string of the molecule is Cc1cn(C2CC3(C2)CN(C(=O)OC(C)(C)C)C3)nc1-c1cc(F)ccc1F. The van der Waals surface area contributed by atoms with E-state index in [-0.39, 0.29) is 23.1 Å². The first-order chi connectivity index (χ1) is 13.1. The minimum Gasteiger partial charge on any atom is -0.444 e. The fourth-order valence-electron chi connectivity index (χ4n) is 4.22. The highest BCUT2D eigenvalue weighted by atomic mass is 19.1. The Morgan fingerprint density at radius 3 is 2.57 bits per heavy atom. The van der Waals surface area contributed by atoms with Gasteiger partial charge in [0.15, 0.2) is 0 Å².